The maximum absolute atomic E-state index is 12.7. The number of carbonyl (C=O) groups excluding carboxylic acids is 1. The Kier molecular flexibility index (Phi) is 3.23. The zero-order valence-corrected chi connectivity index (χ0v) is 12.2. The number of nitrogens with one attached hydrogen (secondary N) is 1. The number of amides is 1. The van der Waals surface area contributed by atoms with Crippen LogP contribution in [0.2, 0.25) is 0 Å². The van der Waals surface area contributed by atoms with Gasteiger partial charge in [-0.05, 0) is 25.7 Å². The molecular weight excluding hydrogens is 270 g/mol. The first-order chi connectivity index (χ1) is 10.3. The fourth-order valence-corrected chi connectivity index (χ4v) is 3.64. The average Bonchev–Trinajstić information content (AvgIpc) is 3.15. The molecule has 1 N–H and O–H groups in total. The van der Waals surface area contributed by atoms with Gasteiger partial charge < -0.3 is 14.4 Å². The summed E-state index contributed by atoms with van der Waals surface area (Å²) in [6, 6.07) is 0. The number of nitrogens with zero attached hydrogens (tertiary/aromatic N) is 2. The molecule has 4 rings (SSSR count). The predicted molar refractivity (Wildman–Crippen MR) is 75.0 cm³/mol. The number of aryl methyl sites for hydroxylation is 1. The fraction of sp³-hybridized carbons (Fsp3) is 0.733. The molecule has 1 spiro atoms. The molecule has 0 unspecified atom stereocenters. The van der Waals surface area contributed by atoms with Crippen molar-refractivity contribution in [1.82, 2.24) is 15.1 Å². The number of hydrogen-bond donors (Lipinski definition) is 1. The van der Waals surface area contributed by atoms with E-state index in [1.54, 1.807) is 0 Å². The molecule has 2 saturated heterocycles. The Labute approximate surface area is 123 Å². The summed E-state index contributed by atoms with van der Waals surface area (Å²) in [5, 5.41) is 7.34. The van der Waals surface area contributed by atoms with Crippen LogP contribution in [0.1, 0.15) is 47.4 Å². The molecule has 0 atom stereocenters. The molecular formula is C15H21N3O3. The lowest BCUT2D eigenvalue weighted by Gasteiger charge is -2.32. The molecule has 3 aliphatic rings. The molecule has 1 aromatic rings. The second-order valence-corrected chi connectivity index (χ2v) is 6.17. The van der Waals surface area contributed by atoms with Crippen molar-refractivity contribution in [3.8, 4) is 0 Å². The van der Waals surface area contributed by atoms with E-state index in [-0.39, 0.29) is 5.91 Å². The van der Waals surface area contributed by atoms with Gasteiger partial charge in [-0.2, -0.15) is 5.10 Å². The van der Waals surface area contributed by atoms with Crippen LogP contribution in [0.15, 0.2) is 0 Å². The van der Waals surface area contributed by atoms with Gasteiger partial charge in [-0.25, -0.2) is 0 Å². The zero-order chi connectivity index (χ0) is 14.3. The van der Waals surface area contributed by atoms with Gasteiger partial charge in [0.05, 0.1) is 13.2 Å². The van der Waals surface area contributed by atoms with Crippen LogP contribution < -0.4 is 0 Å². The summed E-state index contributed by atoms with van der Waals surface area (Å²) in [4.78, 5) is 14.6. The Balaban J connectivity index is 1.60. The van der Waals surface area contributed by atoms with E-state index in [9.17, 15) is 4.79 Å². The minimum atomic E-state index is -0.520. The van der Waals surface area contributed by atoms with Crippen LogP contribution >= 0.6 is 0 Å². The third-order valence-electron chi connectivity index (χ3n) is 4.81. The highest BCUT2D eigenvalue weighted by molar-refractivity contribution is 5.94. The van der Waals surface area contributed by atoms with Crippen LogP contribution in [0.25, 0.3) is 0 Å². The van der Waals surface area contributed by atoms with Crippen molar-refractivity contribution in [1.29, 1.82) is 0 Å². The van der Waals surface area contributed by atoms with E-state index < -0.39 is 5.79 Å². The third-order valence-corrected chi connectivity index (χ3v) is 4.81. The van der Waals surface area contributed by atoms with Gasteiger partial charge in [0, 0.05) is 37.2 Å². The number of rotatable bonds is 1. The van der Waals surface area contributed by atoms with Gasteiger partial charge in [0.1, 0.15) is 0 Å². The number of piperidine rings is 1. The maximum Gasteiger partial charge on any atom is 0.274 e. The highest BCUT2D eigenvalue weighted by atomic mass is 16.7. The smallest absolute Gasteiger partial charge is 0.274 e. The normalized spacial score (nSPS) is 24.3. The second kappa shape index (κ2) is 5.10. The highest BCUT2D eigenvalue weighted by Crippen LogP contribution is 2.36. The Hall–Kier alpha value is -1.40. The van der Waals surface area contributed by atoms with Crippen molar-refractivity contribution in [2.45, 2.75) is 44.3 Å². The number of aromatic nitrogens is 2. The van der Waals surface area contributed by atoms with Crippen LogP contribution in [-0.2, 0) is 22.3 Å². The number of H-pyrrole nitrogens is 1. The maximum atomic E-state index is 12.7. The summed E-state index contributed by atoms with van der Waals surface area (Å²) in [7, 11) is 0. The third kappa shape index (κ3) is 2.26. The van der Waals surface area contributed by atoms with Gasteiger partial charge in [0.2, 0.25) is 0 Å². The summed E-state index contributed by atoms with van der Waals surface area (Å²) >= 11 is 0. The summed E-state index contributed by atoms with van der Waals surface area (Å²) in [6.45, 7) is 2.97. The predicted octanol–water partition coefficient (Wildman–Crippen LogP) is 1.27. The van der Waals surface area contributed by atoms with Crippen molar-refractivity contribution < 1.29 is 14.3 Å². The lowest BCUT2D eigenvalue weighted by Crippen LogP contribution is -2.39. The number of carbonyl (C=O) groups is 1. The molecule has 2 aliphatic heterocycles. The van der Waals surface area contributed by atoms with Crippen LogP contribution in [0.3, 0.4) is 0 Å². The van der Waals surface area contributed by atoms with Gasteiger partial charge in [-0.3, -0.25) is 9.89 Å². The first-order valence-electron chi connectivity index (χ1n) is 7.91. The van der Waals surface area contributed by atoms with E-state index >= 15 is 0 Å². The van der Waals surface area contributed by atoms with Gasteiger partial charge in [-0.15, -0.1) is 0 Å². The van der Waals surface area contributed by atoms with Gasteiger partial charge in [-0.1, -0.05) is 0 Å². The number of ether oxygens (including phenoxy) is 2. The standard InChI is InChI=1S/C15H21N3O3/c19-14(18-6-2-1-3-7-18)13-11-10-15(20-8-9-21-15)5-4-12(11)16-17-13/h1-10H2,(H,16,17). The molecule has 1 aromatic heterocycles. The Morgan fingerprint density at radius 3 is 2.71 bits per heavy atom. The van der Waals surface area contributed by atoms with Crippen molar-refractivity contribution in [2.75, 3.05) is 26.3 Å². The molecule has 114 valence electrons. The van der Waals surface area contributed by atoms with E-state index in [0.29, 0.717) is 25.3 Å². The first kappa shape index (κ1) is 13.3. The topological polar surface area (TPSA) is 67.5 Å². The molecule has 21 heavy (non-hydrogen) atoms. The Bertz CT molecular complexity index is 542. The van der Waals surface area contributed by atoms with Crippen molar-refractivity contribution in [2.24, 2.45) is 0 Å². The minimum Gasteiger partial charge on any atom is -0.347 e. The summed E-state index contributed by atoms with van der Waals surface area (Å²) in [6.07, 6.45) is 5.69. The lowest BCUT2D eigenvalue weighted by molar-refractivity contribution is -0.163. The van der Waals surface area contributed by atoms with Gasteiger partial charge in [0.15, 0.2) is 11.5 Å². The Morgan fingerprint density at radius 1 is 1.19 bits per heavy atom. The van der Waals surface area contributed by atoms with Crippen molar-refractivity contribution in [3.05, 3.63) is 17.0 Å². The fourth-order valence-electron chi connectivity index (χ4n) is 3.64. The first-order valence-corrected chi connectivity index (χ1v) is 7.91. The van der Waals surface area contributed by atoms with Gasteiger partial charge >= 0.3 is 0 Å². The highest BCUT2D eigenvalue weighted by Gasteiger charge is 2.42. The molecule has 0 aromatic carbocycles. The number of fused-ring (bicyclic) bond motifs is 1. The van der Waals surface area contributed by atoms with Crippen molar-refractivity contribution in [3.63, 3.8) is 0 Å². The van der Waals surface area contributed by atoms with Crippen molar-refractivity contribution >= 4 is 5.91 Å². The van der Waals surface area contributed by atoms with E-state index in [1.165, 1.54) is 6.42 Å². The van der Waals surface area contributed by atoms with E-state index in [4.69, 9.17) is 9.47 Å². The molecule has 6 nitrogen and oxygen atoms in total. The summed E-state index contributed by atoms with van der Waals surface area (Å²) in [5.41, 5.74) is 2.64. The lowest BCUT2D eigenvalue weighted by atomic mass is 9.90. The largest absolute Gasteiger partial charge is 0.347 e. The zero-order valence-electron chi connectivity index (χ0n) is 12.2. The number of likely N-dealkylation sites (tertiary alicyclic amines) is 1. The summed E-state index contributed by atoms with van der Waals surface area (Å²) in [5.74, 6) is -0.462. The molecule has 3 heterocycles. The van der Waals surface area contributed by atoms with Crippen LogP contribution in [0.4, 0.5) is 0 Å². The molecule has 1 amide bonds. The molecule has 0 bridgehead atoms. The average molecular weight is 291 g/mol. The second-order valence-electron chi connectivity index (χ2n) is 6.17. The van der Waals surface area contributed by atoms with Crippen LogP contribution in [0.5, 0.6) is 0 Å². The van der Waals surface area contributed by atoms with E-state index in [2.05, 4.69) is 10.2 Å². The molecule has 6 heteroatoms. The molecule has 2 fully saturated rings. The molecule has 1 aliphatic carbocycles. The number of hydrogen-bond acceptors (Lipinski definition) is 4. The molecule has 0 radical (unpaired) electrons. The van der Waals surface area contributed by atoms with E-state index in [1.807, 2.05) is 4.90 Å². The van der Waals surface area contributed by atoms with Crippen LogP contribution in [-0.4, -0.2) is 53.1 Å². The Morgan fingerprint density at radius 2 is 1.95 bits per heavy atom. The van der Waals surface area contributed by atoms with Gasteiger partial charge in [0.25, 0.3) is 5.91 Å². The minimum absolute atomic E-state index is 0.0576. The monoisotopic (exact) mass is 291 g/mol. The SMILES string of the molecule is O=C(c1n[nH]c2c1CC1(CC2)OCCO1)N1CCCCC1. The van der Waals surface area contributed by atoms with E-state index in [0.717, 1.165) is 50.0 Å². The van der Waals surface area contributed by atoms with Crippen LogP contribution in [0, 0.1) is 0 Å². The number of aromatic amines is 1. The molecule has 0 saturated carbocycles. The quantitative estimate of drug-likeness (QED) is 0.846. The summed E-state index contributed by atoms with van der Waals surface area (Å²) < 4.78 is 11.6.